The molecule has 0 amide bonds. The summed E-state index contributed by atoms with van der Waals surface area (Å²) in [6, 6.07) is 7.86. The second-order valence-corrected chi connectivity index (χ2v) is 4.76. The molecule has 2 rings (SSSR count). The molecule has 0 heterocycles. The molecule has 1 aliphatic carbocycles. The monoisotopic (exact) mass is 269 g/mol. The van der Waals surface area contributed by atoms with Crippen LogP contribution in [0.5, 0.6) is 0 Å². The van der Waals surface area contributed by atoms with Gasteiger partial charge in [-0.05, 0) is 24.1 Å². The summed E-state index contributed by atoms with van der Waals surface area (Å²) in [6.07, 6.45) is 0.668. The topological polar surface area (TPSA) is 52.3 Å². The van der Waals surface area contributed by atoms with Crippen LogP contribution in [0.4, 0.5) is 0 Å². The number of esters is 1. The van der Waals surface area contributed by atoms with E-state index in [0.717, 1.165) is 10.0 Å². The Morgan fingerprint density at radius 2 is 2.13 bits per heavy atom. The van der Waals surface area contributed by atoms with Crippen molar-refractivity contribution in [1.29, 1.82) is 0 Å². The van der Waals surface area contributed by atoms with Crippen LogP contribution in [0.25, 0.3) is 0 Å². The van der Waals surface area contributed by atoms with Crippen LogP contribution in [-0.2, 0) is 9.53 Å². The first-order valence-electron chi connectivity index (χ1n) is 4.70. The number of benzene rings is 1. The van der Waals surface area contributed by atoms with Crippen LogP contribution >= 0.6 is 15.9 Å². The summed E-state index contributed by atoms with van der Waals surface area (Å²) in [6.45, 7) is 0. The third-order valence-electron chi connectivity index (χ3n) is 2.84. The molecule has 1 aliphatic rings. The second-order valence-electron chi connectivity index (χ2n) is 3.84. The molecule has 1 aromatic rings. The summed E-state index contributed by atoms with van der Waals surface area (Å²) in [5, 5.41) is 0. The molecule has 0 radical (unpaired) electrons. The lowest BCUT2D eigenvalue weighted by Crippen LogP contribution is -2.35. The molecule has 0 aliphatic heterocycles. The zero-order valence-electron chi connectivity index (χ0n) is 8.37. The summed E-state index contributed by atoms with van der Waals surface area (Å²) < 4.78 is 5.70. The Balaban J connectivity index is 2.16. The van der Waals surface area contributed by atoms with Crippen LogP contribution in [0.1, 0.15) is 17.9 Å². The molecule has 0 aromatic heterocycles. The van der Waals surface area contributed by atoms with Crippen molar-refractivity contribution >= 4 is 21.9 Å². The van der Waals surface area contributed by atoms with Crippen LogP contribution in [0.2, 0.25) is 0 Å². The number of ether oxygens (including phenoxy) is 1. The summed E-state index contributed by atoms with van der Waals surface area (Å²) in [7, 11) is 1.37. The number of hydrogen-bond acceptors (Lipinski definition) is 3. The highest BCUT2D eigenvalue weighted by Crippen LogP contribution is 2.50. The molecule has 0 spiro atoms. The first-order valence-corrected chi connectivity index (χ1v) is 5.50. The Hall–Kier alpha value is -0.870. The standard InChI is InChI=1S/C11H12BrNO2/c1-15-10(14)11(13)6-9(11)7-2-4-8(12)5-3-7/h2-5,9H,6,13H2,1H3/t9-,11+/m0/s1. The van der Waals surface area contributed by atoms with Gasteiger partial charge in [0.25, 0.3) is 0 Å². The van der Waals surface area contributed by atoms with E-state index in [2.05, 4.69) is 20.7 Å². The van der Waals surface area contributed by atoms with Crippen molar-refractivity contribution in [2.45, 2.75) is 17.9 Å². The molecule has 0 bridgehead atoms. The lowest BCUT2D eigenvalue weighted by atomic mass is 10.1. The lowest BCUT2D eigenvalue weighted by Gasteiger charge is -2.08. The summed E-state index contributed by atoms with van der Waals surface area (Å²) in [5.74, 6) is -0.228. The number of halogens is 1. The van der Waals surface area contributed by atoms with Crippen molar-refractivity contribution in [1.82, 2.24) is 0 Å². The molecule has 1 fully saturated rings. The van der Waals surface area contributed by atoms with Gasteiger partial charge in [0, 0.05) is 10.4 Å². The minimum absolute atomic E-state index is 0.0954. The lowest BCUT2D eigenvalue weighted by molar-refractivity contribution is -0.143. The number of rotatable bonds is 2. The molecule has 80 valence electrons. The molecule has 1 saturated carbocycles. The average Bonchev–Trinajstić information content (AvgIpc) is 2.92. The molecule has 3 nitrogen and oxygen atoms in total. The highest BCUT2D eigenvalue weighted by molar-refractivity contribution is 9.10. The molecule has 1 aromatic carbocycles. The van der Waals surface area contributed by atoms with Crippen molar-refractivity contribution in [3.05, 3.63) is 34.3 Å². The first-order chi connectivity index (χ1) is 7.08. The van der Waals surface area contributed by atoms with Gasteiger partial charge in [-0.25, -0.2) is 0 Å². The summed E-state index contributed by atoms with van der Waals surface area (Å²) >= 11 is 3.36. The number of carbonyl (C=O) groups excluding carboxylic acids is 1. The van der Waals surface area contributed by atoms with Gasteiger partial charge in [0.15, 0.2) is 0 Å². The Morgan fingerprint density at radius 1 is 1.53 bits per heavy atom. The van der Waals surface area contributed by atoms with Gasteiger partial charge in [0.2, 0.25) is 0 Å². The first kappa shape index (κ1) is 10.6. The molecule has 4 heteroatoms. The van der Waals surface area contributed by atoms with Crippen LogP contribution < -0.4 is 5.73 Å². The van der Waals surface area contributed by atoms with Gasteiger partial charge >= 0.3 is 5.97 Å². The van der Waals surface area contributed by atoms with Crippen LogP contribution in [0, 0.1) is 0 Å². The maximum Gasteiger partial charge on any atom is 0.326 e. The van der Waals surface area contributed by atoms with Gasteiger partial charge in [-0.3, -0.25) is 4.79 Å². The molecule has 2 atom stereocenters. The maximum absolute atomic E-state index is 11.4. The van der Waals surface area contributed by atoms with E-state index < -0.39 is 5.54 Å². The highest BCUT2D eigenvalue weighted by atomic mass is 79.9. The predicted octanol–water partition coefficient (Wildman–Crippen LogP) is 1.81. The number of methoxy groups -OCH3 is 1. The molecule has 0 unspecified atom stereocenters. The predicted molar refractivity (Wildman–Crippen MR) is 60.4 cm³/mol. The Morgan fingerprint density at radius 3 is 2.67 bits per heavy atom. The Labute approximate surface area is 96.7 Å². The van der Waals surface area contributed by atoms with Crippen molar-refractivity contribution < 1.29 is 9.53 Å². The van der Waals surface area contributed by atoms with Gasteiger partial charge in [-0.2, -0.15) is 0 Å². The van der Waals surface area contributed by atoms with E-state index in [1.807, 2.05) is 24.3 Å². The van der Waals surface area contributed by atoms with Gasteiger partial charge in [0.1, 0.15) is 5.54 Å². The quantitative estimate of drug-likeness (QED) is 0.834. The van der Waals surface area contributed by atoms with E-state index in [0.29, 0.717) is 6.42 Å². The van der Waals surface area contributed by atoms with Gasteiger partial charge in [-0.15, -0.1) is 0 Å². The molecular formula is C11H12BrNO2. The molecular weight excluding hydrogens is 258 g/mol. The third-order valence-corrected chi connectivity index (χ3v) is 3.37. The Kier molecular flexibility index (Phi) is 2.56. The maximum atomic E-state index is 11.4. The van der Waals surface area contributed by atoms with E-state index >= 15 is 0 Å². The van der Waals surface area contributed by atoms with Crippen molar-refractivity contribution in [3.63, 3.8) is 0 Å². The molecule has 15 heavy (non-hydrogen) atoms. The minimum Gasteiger partial charge on any atom is -0.468 e. The van der Waals surface area contributed by atoms with Gasteiger partial charge in [0.05, 0.1) is 7.11 Å². The zero-order valence-corrected chi connectivity index (χ0v) is 9.95. The highest BCUT2D eigenvalue weighted by Gasteiger charge is 2.58. The van der Waals surface area contributed by atoms with E-state index in [1.165, 1.54) is 7.11 Å². The average molecular weight is 270 g/mol. The second kappa shape index (κ2) is 3.61. The van der Waals surface area contributed by atoms with Crippen molar-refractivity contribution in [3.8, 4) is 0 Å². The van der Waals surface area contributed by atoms with Crippen molar-refractivity contribution in [2.24, 2.45) is 5.73 Å². The van der Waals surface area contributed by atoms with Gasteiger partial charge in [-0.1, -0.05) is 28.1 Å². The van der Waals surface area contributed by atoms with E-state index in [1.54, 1.807) is 0 Å². The number of hydrogen-bond donors (Lipinski definition) is 1. The third kappa shape index (κ3) is 1.79. The largest absolute Gasteiger partial charge is 0.468 e. The fourth-order valence-corrected chi connectivity index (χ4v) is 2.07. The van der Waals surface area contributed by atoms with Crippen LogP contribution in [0.15, 0.2) is 28.7 Å². The molecule has 0 saturated heterocycles. The fraction of sp³-hybridized carbons (Fsp3) is 0.364. The number of nitrogens with two attached hydrogens (primary N) is 1. The van der Waals surface area contributed by atoms with E-state index in [9.17, 15) is 4.79 Å². The normalized spacial score (nSPS) is 28.6. The SMILES string of the molecule is COC(=O)[C@@]1(N)C[C@H]1c1ccc(Br)cc1. The van der Waals surface area contributed by atoms with E-state index in [4.69, 9.17) is 5.73 Å². The van der Waals surface area contributed by atoms with Crippen molar-refractivity contribution in [2.75, 3.05) is 7.11 Å². The Bertz CT molecular complexity index is 390. The minimum atomic E-state index is -0.803. The van der Waals surface area contributed by atoms with Crippen LogP contribution in [-0.4, -0.2) is 18.6 Å². The van der Waals surface area contributed by atoms with E-state index in [-0.39, 0.29) is 11.9 Å². The smallest absolute Gasteiger partial charge is 0.326 e. The zero-order chi connectivity index (χ0) is 11.1. The number of carbonyl (C=O) groups is 1. The van der Waals surface area contributed by atoms with Crippen LogP contribution in [0.3, 0.4) is 0 Å². The fourth-order valence-electron chi connectivity index (χ4n) is 1.80. The molecule has 2 N–H and O–H groups in total. The summed E-state index contributed by atoms with van der Waals surface area (Å²) in [4.78, 5) is 11.4. The summed E-state index contributed by atoms with van der Waals surface area (Å²) in [5.41, 5.74) is 6.21. The van der Waals surface area contributed by atoms with Gasteiger partial charge < -0.3 is 10.5 Å².